The number of carbonyl (C=O) groups excluding carboxylic acids is 1. The van der Waals surface area contributed by atoms with Crippen LogP contribution in [-0.2, 0) is 25.9 Å². The summed E-state index contributed by atoms with van der Waals surface area (Å²) in [5.74, 6) is 0.0860. The lowest BCUT2D eigenvalue weighted by Crippen LogP contribution is -2.25. The monoisotopic (exact) mass is 335 g/mol. The number of thiazole rings is 1. The van der Waals surface area contributed by atoms with Gasteiger partial charge in [-0.05, 0) is 61.1 Å². The van der Waals surface area contributed by atoms with Gasteiger partial charge in [0, 0.05) is 17.8 Å². The molecular formula is C19H17N3OS. The van der Waals surface area contributed by atoms with Crippen LogP contribution in [0.15, 0.2) is 23.7 Å². The van der Waals surface area contributed by atoms with E-state index < -0.39 is 0 Å². The molecule has 4 nitrogen and oxygen atoms in total. The summed E-state index contributed by atoms with van der Waals surface area (Å²) in [7, 11) is 0. The van der Waals surface area contributed by atoms with Crippen molar-refractivity contribution in [2.75, 3.05) is 0 Å². The Morgan fingerprint density at radius 1 is 1.17 bits per heavy atom. The fourth-order valence-corrected chi connectivity index (χ4v) is 4.68. The summed E-state index contributed by atoms with van der Waals surface area (Å²) in [5, 5.41) is 0. The Morgan fingerprint density at radius 3 is 3.00 bits per heavy atom. The Labute approximate surface area is 144 Å². The SMILES string of the molecule is Cc1c2c(nc3c1CN(C(=O)c1ccc4ncsc4c1)C3)CCC2. The molecule has 3 heterocycles. The number of hydrogen-bond donors (Lipinski definition) is 0. The van der Waals surface area contributed by atoms with Gasteiger partial charge in [0.1, 0.15) is 0 Å². The molecule has 2 aliphatic rings. The summed E-state index contributed by atoms with van der Waals surface area (Å²) in [4.78, 5) is 24.0. The van der Waals surface area contributed by atoms with Gasteiger partial charge >= 0.3 is 0 Å². The predicted molar refractivity (Wildman–Crippen MR) is 94.2 cm³/mol. The standard InChI is InChI=1S/C19H17N3OS/c1-11-13-3-2-4-15(13)21-17-9-22(8-14(11)17)19(23)12-5-6-16-18(7-12)24-10-20-16/h5-7,10H,2-4,8-9H2,1H3. The van der Waals surface area contributed by atoms with Gasteiger partial charge in [-0.15, -0.1) is 11.3 Å². The van der Waals surface area contributed by atoms with Crippen molar-refractivity contribution in [2.45, 2.75) is 39.3 Å². The summed E-state index contributed by atoms with van der Waals surface area (Å²) in [6.07, 6.45) is 3.43. The van der Waals surface area contributed by atoms with Gasteiger partial charge in [-0.3, -0.25) is 9.78 Å². The quantitative estimate of drug-likeness (QED) is 0.682. The zero-order chi connectivity index (χ0) is 16.3. The summed E-state index contributed by atoms with van der Waals surface area (Å²) < 4.78 is 1.06. The van der Waals surface area contributed by atoms with E-state index in [0.717, 1.165) is 34.3 Å². The summed E-state index contributed by atoms with van der Waals surface area (Å²) >= 11 is 1.57. The predicted octanol–water partition coefficient (Wildman–Crippen LogP) is 3.64. The number of carbonyl (C=O) groups is 1. The van der Waals surface area contributed by atoms with Crippen LogP contribution < -0.4 is 0 Å². The second-order valence-corrected chi connectivity index (χ2v) is 7.52. The van der Waals surface area contributed by atoms with Crippen LogP contribution in [-0.4, -0.2) is 20.8 Å². The Bertz CT molecular complexity index is 992. The van der Waals surface area contributed by atoms with E-state index >= 15 is 0 Å². The number of hydrogen-bond acceptors (Lipinski definition) is 4. The van der Waals surface area contributed by atoms with Gasteiger partial charge in [-0.2, -0.15) is 0 Å². The molecule has 0 atom stereocenters. The van der Waals surface area contributed by atoms with E-state index in [4.69, 9.17) is 4.98 Å². The van der Waals surface area contributed by atoms with Crippen LogP contribution in [0.5, 0.6) is 0 Å². The smallest absolute Gasteiger partial charge is 0.254 e. The number of fused-ring (bicyclic) bond motifs is 3. The Kier molecular flexibility index (Phi) is 3.00. The maximum Gasteiger partial charge on any atom is 0.254 e. The molecule has 1 aliphatic heterocycles. The number of aryl methyl sites for hydroxylation is 1. The summed E-state index contributed by atoms with van der Waals surface area (Å²) in [6, 6.07) is 5.77. The second kappa shape index (κ2) is 5.11. The molecule has 1 amide bonds. The van der Waals surface area contributed by atoms with Crippen molar-refractivity contribution in [1.29, 1.82) is 0 Å². The Balaban J connectivity index is 1.48. The van der Waals surface area contributed by atoms with Crippen molar-refractivity contribution in [1.82, 2.24) is 14.9 Å². The van der Waals surface area contributed by atoms with E-state index in [9.17, 15) is 4.79 Å². The first-order chi connectivity index (χ1) is 11.7. The lowest BCUT2D eigenvalue weighted by Gasteiger charge is -2.15. The van der Waals surface area contributed by atoms with Gasteiger partial charge < -0.3 is 4.90 Å². The van der Waals surface area contributed by atoms with Gasteiger partial charge in [0.25, 0.3) is 5.91 Å². The highest BCUT2D eigenvalue weighted by Gasteiger charge is 2.30. The minimum Gasteiger partial charge on any atom is -0.328 e. The molecule has 1 aliphatic carbocycles. The van der Waals surface area contributed by atoms with Crippen LogP contribution in [0.4, 0.5) is 0 Å². The van der Waals surface area contributed by atoms with Gasteiger partial charge in [-0.25, -0.2) is 4.98 Å². The largest absolute Gasteiger partial charge is 0.328 e. The maximum absolute atomic E-state index is 12.9. The molecule has 0 fully saturated rings. The molecule has 5 rings (SSSR count). The van der Waals surface area contributed by atoms with Crippen LogP contribution in [0.1, 0.15) is 44.9 Å². The van der Waals surface area contributed by atoms with Crippen molar-refractivity contribution < 1.29 is 4.79 Å². The molecule has 0 bridgehead atoms. The summed E-state index contributed by atoms with van der Waals surface area (Å²) in [6.45, 7) is 3.51. The van der Waals surface area contributed by atoms with Gasteiger partial charge in [0.15, 0.2) is 0 Å². The zero-order valence-corrected chi connectivity index (χ0v) is 14.3. The average molecular weight is 335 g/mol. The molecule has 0 N–H and O–H groups in total. The van der Waals surface area contributed by atoms with Crippen LogP contribution >= 0.6 is 11.3 Å². The lowest BCUT2D eigenvalue weighted by atomic mass is 10.0. The molecule has 0 spiro atoms. The maximum atomic E-state index is 12.9. The van der Waals surface area contributed by atoms with Crippen LogP contribution in [0, 0.1) is 6.92 Å². The lowest BCUT2D eigenvalue weighted by molar-refractivity contribution is 0.0750. The third-order valence-electron chi connectivity index (χ3n) is 5.27. The first-order valence-electron chi connectivity index (χ1n) is 8.33. The molecule has 1 aromatic carbocycles. The highest BCUT2D eigenvalue weighted by Crippen LogP contribution is 2.33. The Hall–Kier alpha value is -2.27. The topological polar surface area (TPSA) is 46.1 Å². The van der Waals surface area contributed by atoms with E-state index in [0.29, 0.717) is 13.1 Å². The molecule has 120 valence electrons. The van der Waals surface area contributed by atoms with Crippen LogP contribution in [0.25, 0.3) is 10.2 Å². The Morgan fingerprint density at radius 2 is 2.08 bits per heavy atom. The molecule has 3 aromatic rings. The second-order valence-electron chi connectivity index (χ2n) is 6.64. The molecular weight excluding hydrogens is 318 g/mol. The van der Waals surface area contributed by atoms with E-state index in [1.54, 1.807) is 11.3 Å². The number of aromatic nitrogens is 2. The first kappa shape index (κ1) is 14.1. The molecule has 2 aromatic heterocycles. The molecule has 0 saturated carbocycles. The number of amides is 1. The van der Waals surface area contributed by atoms with Crippen LogP contribution in [0.2, 0.25) is 0 Å². The van der Waals surface area contributed by atoms with Crippen molar-refractivity contribution in [3.05, 3.63) is 57.4 Å². The third kappa shape index (κ3) is 2.01. The minimum atomic E-state index is 0.0860. The highest BCUT2D eigenvalue weighted by molar-refractivity contribution is 7.16. The fourth-order valence-electron chi connectivity index (χ4n) is 3.97. The first-order valence-corrected chi connectivity index (χ1v) is 9.21. The minimum absolute atomic E-state index is 0.0860. The molecule has 24 heavy (non-hydrogen) atoms. The van der Waals surface area contributed by atoms with E-state index in [-0.39, 0.29) is 5.91 Å². The average Bonchev–Trinajstić information content (AvgIpc) is 3.32. The van der Waals surface area contributed by atoms with Crippen LogP contribution in [0.3, 0.4) is 0 Å². The van der Waals surface area contributed by atoms with Crippen molar-refractivity contribution >= 4 is 27.5 Å². The summed E-state index contributed by atoms with van der Waals surface area (Å²) in [5.41, 5.74) is 9.92. The molecule has 5 heteroatoms. The number of rotatable bonds is 1. The highest BCUT2D eigenvalue weighted by atomic mass is 32.1. The van der Waals surface area contributed by atoms with E-state index in [1.165, 1.54) is 28.8 Å². The number of pyridine rings is 1. The third-order valence-corrected chi connectivity index (χ3v) is 6.06. The van der Waals surface area contributed by atoms with Gasteiger partial charge in [-0.1, -0.05) is 0 Å². The molecule has 0 radical (unpaired) electrons. The van der Waals surface area contributed by atoms with Crippen molar-refractivity contribution in [3.63, 3.8) is 0 Å². The van der Waals surface area contributed by atoms with Crippen molar-refractivity contribution in [3.8, 4) is 0 Å². The normalized spacial score (nSPS) is 15.8. The molecule has 0 unspecified atom stereocenters. The zero-order valence-electron chi connectivity index (χ0n) is 13.5. The number of nitrogens with zero attached hydrogens (tertiary/aromatic N) is 3. The van der Waals surface area contributed by atoms with E-state index in [2.05, 4.69) is 11.9 Å². The van der Waals surface area contributed by atoms with E-state index in [1.807, 2.05) is 28.6 Å². The molecule has 0 saturated heterocycles. The number of benzene rings is 1. The van der Waals surface area contributed by atoms with Gasteiger partial charge in [0.05, 0.1) is 28.0 Å². The van der Waals surface area contributed by atoms with Gasteiger partial charge in [0.2, 0.25) is 0 Å². The van der Waals surface area contributed by atoms with Crippen molar-refractivity contribution in [2.24, 2.45) is 0 Å². The fraction of sp³-hybridized carbons (Fsp3) is 0.316.